The number of unbranched alkanes of at least 4 members (excludes halogenated alkanes) is 1. The minimum Gasteiger partial charge on any atom is -0.486 e. The SMILES string of the molecule is CCCCOc1c(C(=O)N=O)occc1=O. The quantitative estimate of drug-likeness (QED) is 0.562. The molecule has 1 rings (SSSR count). The van der Waals surface area contributed by atoms with Gasteiger partial charge in [0.1, 0.15) is 0 Å². The van der Waals surface area contributed by atoms with Gasteiger partial charge in [-0.3, -0.25) is 9.59 Å². The van der Waals surface area contributed by atoms with E-state index < -0.39 is 17.1 Å². The molecule has 0 bridgehead atoms. The van der Waals surface area contributed by atoms with E-state index in [0.29, 0.717) is 0 Å². The molecule has 0 radical (unpaired) electrons. The summed E-state index contributed by atoms with van der Waals surface area (Å²) in [6.45, 7) is 2.24. The summed E-state index contributed by atoms with van der Waals surface area (Å²) in [7, 11) is 0. The molecule has 0 aliphatic carbocycles. The molecule has 6 heteroatoms. The Balaban J connectivity index is 2.99. The zero-order valence-electron chi connectivity index (χ0n) is 8.76. The normalized spacial score (nSPS) is 9.81. The van der Waals surface area contributed by atoms with Crippen molar-refractivity contribution in [3.05, 3.63) is 33.2 Å². The van der Waals surface area contributed by atoms with Crippen LogP contribution in [0.1, 0.15) is 30.3 Å². The molecule has 0 spiro atoms. The van der Waals surface area contributed by atoms with Crippen molar-refractivity contribution < 1.29 is 13.9 Å². The molecule has 16 heavy (non-hydrogen) atoms. The second kappa shape index (κ2) is 5.79. The highest BCUT2D eigenvalue weighted by molar-refractivity contribution is 5.94. The van der Waals surface area contributed by atoms with E-state index in [0.717, 1.165) is 25.2 Å². The molecule has 0 aliphatic rings. The van der Waals surface area contributed by atoms with E-state index in [9.17, 15) is 14.5 Å². The Bertz CT molecular complexity index is 437. The van der Waals surface area contributed by atoms with Gasteiger partial charge in [0.2, 0.25) is 16.9 Å². The first-order chi connectivity index (χ1) is 7.70. The lowest BCUT2D eigenvalue weighted by atomic mass is 10.3. The van der Waals surface area contributed by atoms with Gasteiger partial charge >= 0.3 is 5.91 Å². The predicted octanol–water partition coefficient (Wildman–Crippen LogP) is 1.73. The number of nitrogens with zero attached hydrogens (tertiary/aromatic N) is 1. The van der Waals surface area contributed by atoms with Crippen molar-refractivity contribution in [1.82, 2.24) is 0 Å². The van der Waals surface area contributed by atoms with Crippen LogP contribution in [0.5, 0.6) is 5.75 Å². The summed E-state index contributed by atoms with van der Waals surface area (Å²) in [5.74, 6) is -1.84. The van der Waals surface area contributed by atoms with Crippen molar-refractivity contribution in [1.29, 1.82) is 0 Å². The zero-order valence-corrected chi connectivity index (χ0v) is 8.76. The second-order valence-electron chi connectivity index (χ2n) is 3.04. The van der Waals surface area contributed by atoms with Crippen LogP contribution in [0, 0.1) is 4.91 Å². The first-order valence-electron chi connectivity index (χ1n) is 4.83. The van der Waals surface area contributed by atoms with E-state index in [-0.39, 0.29) is 12.4 Å². The summed E-state index contributed by atoms with van der Waals surface area (Å²) in [5, 5.41) is 2.19. The van der Waals surface area contributed by atoms with Gasteiger partial charge in [0.05, 0.1) is 12.9 Å². The Morgan fingerprint density at radius 3 is 2.94 bits per heavy atom. The van der Waals surface area contributed by atoms with Crippen molar-refractivity contribution in [3.63, 3.8) is 0 Å². The fraction of sp³-hybridized carbons (Fsp3) is 0.400. The highest BCUT2D eigenvalue weighted by Gasteiger charge is 2.19. The average Bonchev–Trinajstić information content (AvgIpc) is 2.30. The third-order valence-corrected chi connectivity index (χ3v) is 1.86. The van der Waals surface area contributed by atoms with E-state index in [2.05, 4.69) is 5.18 Å². The number of hydrogen-bond acceptors (Lipinski definition) is 5. The first-order valence-corrected chi connectivity index (χ1v) is 4.83. The van der Waals surface area contributed by atoms with Crippen LogP contribution in [0.15, 0.2) is 26.7 Å². The van der Waals surface area contributed by atoms with Gasteiger partial charge in [-0.15, -0.1) is 4.91 Å². The van der Waals surface area contributed by atoms with E-state index in [1.54, 1.807) is 0 Å². The molecule has 0 saturated heterocycles. The number of hydrogen-bond donors (Lipinski definition) is 0. The molecule has 6 nitrogen and oxygen atoms in total. The standard InChI is InChI=1S/C10H11NO5/c1-2-3-5-15-8-7(12)4-6-16-9(8)10(13)11-14/h4,6H,2-3,5H2,1H3. The van der Waals surface area contributed by atoms with Crippen molar-refractivity contribution in [2.45, 2.75) is 19.8 Å². The lowest BCUT2D eigenvalue weighted by Gasteiger charge is -2.05. The van der Waals surface area contributed by atoms with Crippen LogP contribution in [0.4, 0.5) is 0 Å². The molecule has 1 amide bonds. The number of rotatable bonds is 5. The minimum absolute atomic E-state index is 0.249. The highest BCUT2D eigenvalue weighted by Crippen LogP contribution is 2.14. The lowest BCUT2D eigenvalue weighted by Crippen LogP contribution is -2.12. The van der Waals surface area contributed by atoms with Crippen LogP contribution in [-0.2, 0) is 0 Å². The van der Waals surface area contributed by atoms with E-state index >= 15 is 0 Å². The molecule has 0 aliphatic heterocycles. The molecule has 1 aromatic rings. The maximum atomic E-state index is 11.4. The summed E-state index contributed by atoms with van der Waals surface area (Å²) in [5.41, 5.74) is -0.505. The second-order valence-corrected chi connectivity index (χ2v) is 3.04. The Hall–Kier alpha value is -1.98. The summed E-state index contributed by atoms with van der Waals surface area (Å²) in [6.07, 6.45) is 2.64. The van der Waals surface area contributed by atoms with Gasteiger partial charge in [-0.05, 0) is 6.42 Å². The van der Waals surface area contributed by atoms with Crippen LogP contribution >= 0.6 is 0 Å². The summed E-state index contributed by atoms with van der Waals surface area (Å²) < 4.78 is 9.86. The fourth-order valence-electron chi connectivity index (χ4n) is 1.05. The van der Waals surface area contributed by atoms with E-state index in [4.69, 9.17) is 9.15 Å². The molecule has 0 fully saturated rings. The monoisotopic (exact) mass is 225 g/mol. The smallest absolute Gasteiger partial charge is 0.355 e. The van der Waals surface area contributed by atoms with Gasteiger partial charge in [0, 0.05) is 11.2 Å². The van der Waals surface area contributed by atoms with Crippen LogP contribution in [0.2, 0.25) is 0 Å². The summed E-state index contributed by atoms with van der Waals surface area (Å²) in [6, 6.07) is 1.11. The third-order valence-electron chi connectivity index (χ3n) is 1.86. The number of amides is 1. The van der Waals surface area contributed by atoms with Crippen LogP contribution < -0.4 is 10.2 Å². The van der Waals surface area contributed by atoms with E-state index in [1.165, 1.54) is 0 Å². The third kappa shape index (κ3) is 2.75. The first kappa shape index (κ1) is 12.1. The summed E-state index contributed by atoms with van der Waals surface area (Å²) >= 11 is 0. The maximum Gasteiger partial charge on any atom is 0.355 e. The lowest BCUT2D eigenvalue weighted by molar-refractivity contribution is 0.0964. The Kier molecular flexibility index (Phi) is 4.38. The Morgan fingerprint density at radius 2 is 2.31 bits per heavy atom. The van der Waals surface area contributed by atoms with Crippen LogP contribution in [0.3, 0.4) is 0 Å². The molecule has 0 aromatic carbocycles. The molecule has 0 N–H and O–H groups in total. The van der Waals surface area contributed by atoms with E-state index in [1.807, 2.05) is 6.92 Å². The fourth-order valence-corrected chi connectivity index (χ4v) is 1.05. The maximum absolute atomic E-state index is 11.4. The van der Waals surface area contributed by atoms with Gasteiger partial charge in [-0.2, -0.15) is 0 Å². The number of ether oxygens (including phenoxy) is 1. The molecule has 1 heterocycles. The van der Waals surface area contributed by atoms with Crippen molar-refractivity contribution >= 4 is 5.91 Å². The van der Waals surface area contributed by atoms with Crippen LogP contribution in [0.25, 0.3) is 0 Å². The Labute approximate surface area is 91.2 Å². The number of nitroso groups, excluding NO2 is 1. The molecule has 0 unspecified atom stereocenters. The average molecular weight is 225 g/mol. The predicted molar refractivity (Wildman–Crippen MR) is 55.5 cm³/mol. The van der Waals surface area contributed by atoms with Gasteiger partial charge in [0.25, 0.3) is 0 Å². The van der Waals surface area contributed by atoms with Crippen molar-refractivity contribution in [3.8, 4) is 5.75 Å². The van der Waals surface area contributed by atoms with Gasteiger partial charge in [-0.1, -0.05) is 13.3 Å². The minimum atomic E-state index is -1.15. The molecular weight excluding hydrogens is 214 g/mol. The highest BCUT2D eigenvalue weighted by atomic mass is 16.5. The molecule has 86 valence electrons. The Morgan fingerprint density at radius 1 is 1.56 bits per heavy atom. The number of carbonyl (C=O) groups excluding carboxylic acids is 1. The van der Waals surface area contributed by atoms with Gasteiger partial charge in [-0.25, -0.2) is 0 Å². The molecule has 0 atom stereocenters. The molecule has 0 saturated carbocycles. The summed E-state index contributed by atoms with van der Waals surface area (Å²) in [4.78, 5) is 32.5. The van der Waals surface area contributed by atoms with Gasteiger partial charge in [0.15, 0.2) is 0 Å². The van der Waals surface area contributed by atoms with Crippen molar-refractivity contribution in [2.24, 2.45) is 5.18 Å². The topological polar surface area (TPSA) is 85.9 Å². The zero-order chi connectivity index (χ0) is 12.0. The number of carbonyl (C=O) groups is 1. The molecular formula is C10H11NO5. The largest absolute Gasteiger partial charge is 0.486 e. The van der Waals surface area contributed by atoms with Crippen LogP contribution in [-0.4, -0.2) is 12.5 Å². The van der Waals surface area contributed by atoms with Crippen molar-refractivity contribution in [2.75, 3.05) is 6.61 Å². The van der Waals surface area contributed by atoms with Gasteiger partial charge < -0.3 is 9.15 Å². The molecule has 1 aromatic heterocycles.